The summed E-state index contributed by atoms with van der Waals surface area (Å²) >= 11 is 0. The largest absolute Gasteiger partial charge is 0.330 e. The summed E-state index contributed by atoms with van der Waals surface area (Å²) in [4.78, 5) is 10.6. The molecule has 0 fully saturated rings. The van der Waals surface area contributed by atoms with Gasteiger partial charge >= 0.3 is 0 Å². The first-order chi connectivity index (χ1) is 4.45. The Morgan fingerprint density at radius 1 is 1.50 bits per heavy atom. The van der Waals surface area contributed by atoms with E-state index in [4.69, 9.17) is 5.73 Å². The fourth-order valence-corrected chi connectivity index (χ4v) is 1.25. The molecule has 0 bridgehead atoms. The predicted octanol–water partition coefficient (Wildman–Crippen LogP) is -1.05. The average molecular weight is 165 g/mol. The molecule has 5 heteroatoms. The molecular weight excluding hydrogens is 154 g/mol. The molecule has 0 heterocycles. The third-order valence-corrected chi connectivity index (χ3v) is 1.69. The summed E-state index contributed by atoms with van der Waals surface area (Å²) in [6, 6.07) is 0. The van der Waals surface area contributed by atoms with E-state index in [1.165, 1.54) is 0 Å². The fraction of sp³-hybridized carbons (Fsp3) is 0.800. The van der Waals surface area contributed by atoms with Crippen molar-refractivity contribution in [3.63, 3.8) is 0 Å². The molecule has 10 heavy (non-hydrogen) atoms. The highest BCUT2D eigenvalue weighted by Gasteiger charge is 2.08. The summed E-state index contributed by atoms with van der Waals surface area (Å²) in [6.45, 7) is 0.217. The molecule has 0 saturated heterocycles. The van der Waals surface area contributed by atoms with Crippen LogP contribution in [0.5, 0.6) is 0 Å². The second kappa shape index (κ2) is 3.68. The minimum atomic E-state index is -3.15. The molecule has 0 atom stereocenters. The number of carbonyl (C=O) groups excluding carboxylic acids is 1. The SMILES string of the molecule is CS(=O)(=O)CC(=O)CCN. The molecule has 0 unspecified atom stereocenters. The zero-order chi connectivity index (χ0) is 8.20. The molecular formula is C5H11NO3S. The quantitative estimate of drug-likeness (QED) is 0.576. The van der Waals surface area contributed by atoms with E-state index < -0.39 is 9.84 Å². The third-order valence-electron chi connectivity index (χ3n) is 0.846. The second-order valence-electron chi connectivity index (χ2n) is 2.15. The van der Waals surface area contributed by atoms with Gasteiger partial charge in [-0.2, -0.15) is 0 Å². The molecule has 0 aromatic heterocycles. The van der Waals surface area contributed by atoms with Crippen LogP contribution in [-0.4, -0.2) is 32.8 Å². The predicted molar refractivity (Wildman–Crippen MR) is 38.4 cm³/mol. The third kappa shape index (κ3) is 5.71. The monoisotopic (exact) mass is 165 g/mol. The molecule has 0 aliphatic heterocycles. The lowest BCUT2D eigenvalue weighted by atomic mass is 10.3. The number of hydrogen-bond donors (Lipinski definition) is 1. The molecule has 0 aliphatic carbocycles. The van der Waals surface area contributed by atoms with Gasteiger partial charge in [0.05, 0.1) is 0 Å². The number of sulfone groups is 1. The van der Waals surface area contributed by atoms with Crippen LogP contribution in [0.3, 0.4) is 0 Å². The maximum Gasteiger partial charge on any atom is 0.154 e. The van der Waals surface area contributed by atoms with Gasteiger partial charge in [0.2, 0.25) is 0 Å². The Labute approximate surface area is 60.3 Å². The summed E-state index contributed by atoms with van der Waals surface area (Å²) < 4.78 is 20.9. The first-order valence-corrected chi connectivity index (χ1v) is 4.91. The summed E-state index contributed by atoms with van der Waals surface area (Å²) in [5.74, 6) is -0.700. The number of ketones is 1. The van der Waals surface area contributed by atoms with E-state index in [1.54, 1.807) is 0 Å². The van der Waals surface area contributed by atoms with Crippen LogP contribution < -0.4 is 5.73 Å². The van der Waals surface area contributed by atoms with Gasteiger partial charge in [0.15, 0.2) is 9.84 Å². The normalized spacial score (nSPS) is 11.4. The molecule has 0 aromatic carbocycles. The van der Waals surface area contributed by atoms with Gasteiger partial charge in [-0.05, 0) is 6.54 Å². The van der Waals surface area contributed by atoms with Crippen molar-refractivity contribution in [1.29, 1.82) is 0 Å². The van der Waals surface area contributed by atoms with Gasteiger partial charge in [-0.1, -0.05) is 0 Å². The number of rotatable bonds is 4. The fourth-order valence-electron chi connectivity index (χ4n) is 0.526. The van der Waals surface area contributed by atoms with Gasteiger partial charge < -0.3 is 5.73 Å². The van der Waals surface area contributed by atoms with Gasteiger partial charge in [0.25, 0.3) is 0 Å². The molecule has 0 aromatic rings. The lowest BCUT2D eigenvalue weighted by Gasteiger charge is -1.94. The van der Waals surface area contributed by atoms with Crippen molar-refractivity contribution >= 4 is 15.6 Å². The van der Waals surface area contributed by atoms with E-state index >= 15 is 0 Å². The topological polar surface area (TPSA) is 77.2 Å². The van der Waals surface area contributed by atoms with Gasteiger partial charge in [0, 0.05) is 12.7 Å². The molecule has 2 N–H and O–H groups in total. The lowest BCUT2D eigenvalue weighted by molar-refractivity contribution is -0.116. The van der Waals surface area contributed by atoms with Crippen LogP contribution in [0.25, 0.3) is 0 Å². The highest BCUT2D eigenvalue weighted by atomic mass is 32.2. The summed E-state index contributed by atoms with van der Waals surface area (Å²) in [7, 11) is -3.15. The van der Waals surface area contributed by atoms with Crippen molar-refractivity contribution in [1.82, 2.24) is 0 Å². The Hall–Kier alpha value is -0.420. The van der Waals surface area contributed by atoms with E-state index in [0.717, 1.165) is 6.26 Å². The van der Waals surface area contributed by atoms with Crippen LogP contribution in [0.4, 0.5) is 0 Å². The van der Waals surface area contributed by atoms with Crippen LogP contribution in [-0.2, 0) is 14.6 Å². The van der Waals surface area contributed by atoms with Crippen LogP contribution in [0.15, 0.2) is 0 Å². The second-order valence-corrected chi connectivity index (χ2v) is 4.29. The Morgan fingerprint density at radius 2 is 2.00 bits per heavy atom. The van der Waals surface area contributed by atoms with Crippen molar-refractivity contribution in [2.75, 3.05) is 18.6 Å². The van der Waals surface area contributed by atoms with Crippen molar-refractivity contribution in [2.24, 2.45) is 5.73 Å². The summed E-state index contributed by atoms with van der Waals surface area (Å²) in [6.07, 6.45) is 1.18. The van der Waals surface area contributed by atoms with Crippen LogP contribution in [0, 0.1) is 0 Å². The minimum absolute atomic E-state index is 0.146. The smallest absolute Gasteiger partial charge is 0.154 e. The molecule has 0 aliphatic rings. The Balaban J connectivity index is 3.82. The maximum atomic E-state index is 10.6. The Morgan fingerprint density at radius 3 is 2.30 bits per heavy atom. The van der Waals surface area contributed by atoms with Gasteiger partial charge in [0.1, 0.15) is 11.5 Å². The Bertz CT molecular complexity index is 207. The van der Waals surface area contributed by atoms with Crippen molar-refractivity contribution in [3.05, 3.63) is 0 Å². The zero-order valence-electron chi connectivity index (χ0n) is 5.83. The van der Waals surface area contributed by atoms with E-state index in [1.807, 2.05) is 0 Å². The molecule has 4 nitrogen and oxygen atoms in total. The van der Waals surface area contributed by atoms with Gasteiger partial charge in [-0.15, -0.1) is 0 Å². The van der Waals surface area contributed by atoms with Gasteiger partial charge in [-0.3, -0.25) is 4.79 Å². The molecule has 60 valence electrons. The van der Waals surface area contributed by atoms with E-state index in [0.29, 0.717) is 0 Å². The average Bonchev–Trinajstić information content (AvgIpc) is 1.59. The maximum absolute atomic E-state index is 10.6. The van der Waals surface area contributed by atoms with E-state index in [2.05, 4.69) is 0 Å². The highest BCUT2D eigenvalue weighted by Crippen LogP contribution is 1.87. The van der Waals surface area contributed by atoms with Crippen molar-refractivity contribution in [2.45, 2.75) is 6.42 Å². The number of hydrogen-bond acceptors (Lipinski definition) is 4. The van der Waals surface area contributed by atoms with E-state index in [-0.39, 0.29) is 24.5 Å². The summed E-state index contributed by atoms with van der Waals surface area (Å²) in [5, 5.41) is 0. The number of nitrogens with two attached hydrogens (primary N) is 1. The molecule has 0 saturated carbocycles. The first-order valence-electron chi connectivity index (χ1n) is 2.85. The summed E-state index contributed by atoms with van der Waals surface area (Å²) in [5.41, 5.74) is 5.03. The van der Waals surface area contributed by atoms with Crippen LogP contribution in [0.2, 0.25) is 0 Å². The molecule has 0 amide bonds. The standard InChI is InChI=1S/C5H11NO3S/c1-10(8,9)4-5(7)2-3-6/h2-4,6H2,1H3. The highest BCUT2D eigenvalue weighted by molar-refractivity contribution is 7.91. The van der Waals surface area contributed by atoms with Crippen LogP contribution >= 0.6 is 0 Å². The van der Waals surface area contributed by atoms with Crippen molar-refractivity contribution in [3.8, 4) is 0 Å². The van der Waals surface area contributed by atoms with Gasteiger partial charge in [-0.25, -0.2) is 8.42 Å². The number of Topliss-reactive ketones (excluding diaryl/α,β-unsaturated/α-hetero) is 1. The first kappa shape index (κ1) is 9.58. The minimum Gasteiger partial charge on any atom is -0.330 e. The van der Waals surface area contributed by atoms with E-state index in [9.17, 15) is 13.2 Å². The molecule has 0 spiro atoms. The zero-order valence-corrected chi connectivity index (χ0v) is 6.65. The molecule has 0 rings (SSSR count). The lowest BCUT2D eigenvalue weighted by Crippen LogP contribution is -2.17. The molecule has 0 radical (unpaired) electrons. The van der Waals surface area contributed by atoms with Crippen molar-refractivity contribution < 1.29 is 13.2 Å². The Kier molecular flexibility index (Phi) is 3.52. The van der Waals surface area contributed by atoms with Crippen LogP contribution in [0.1, 0.15) is 6.42 Å². The number of carbonyl (C=O) groups is 1.